The molecule has 1 atom stereocenters. The van der Waals surface area contributed by atoms with Gasteiger partial charge in [0, 0.05) is 28.3 Å². The Hall–Kier alpha value is -1.75. The summed E-state index contributed by atoms with van der Waals surface area (Å²) in [5.41, 5.74) is 3.55. The number of fused-ring (bicyclic) bond motifs is 2. The van der Waals surface area contributed by atoms with Crippen molar-refractivity contribution in [3.05, 3.63) is 39.2 Å². The Balaban J connectivity index is 2.08. The second-order valence-corrected chi connectivity index (χ2v) is 7.33. The zero-order valence-electron chi connectivity index (χ0n) is 13.3. The van der Waals surface area contributed by atoms with E-state index in [-0.39, 0.29) is 23.6 Å². The van der Waals surface area contributed by atoms with Crippen molar-refractivity contribution in [3.8, 4) is 0 Å². The van der Waals surface area contributed by atoms with E-state index in [1.165, 1.54) is 16.0 Å². The minimum atomic E-state index is -0.516. The van der Waals surface area contributed by atoms with E-state index in [0.717, 1.165) is 30.5 Å². The lowest BCUT2D eigenvalue weighted by Gasteiger charge is -2.28. The molecule has 2 aliphatic heterocycles. The second kappa shape index (κ2) is 5.41. The fraction of sp³-hybridized carbons (Fsp3) is 0.444. The first-order chi connectivity index (χ1) is 11.1. The second-order valence-electron chi connectivity index (χ2n) is 6.23. The molecule has 1 aromatic carbocycles. The van der Waals surface area contributed by atoms with Crippen molar-refractivity contribution in [2.24, 2.45) is 0 Å². The normalized spacial score (nSPS) is 19.0. The number of carbonyl (C=O) groups is 1. The highest BCUT2D eigenvalue weighted by molar-refractivity contribution is 7.99. The third-order valence-corrected chi connectivity index (χ3v) is 6.05. The number of pyridine rings is 1. The number of esters is 1. The van der Waals surface area contributed by atoms with Gasteiger partial charge in [0.15, 0.2) is 0 Å². The van der Waals surface area contributed by atoms with Crippen LogP contribution in [0.1, 0.15) is 47.8 Å². The maximum atomic E-state index is 12.9. The molecule has 2 aromatic rings. The number of aryl methyl sites for hydroxylation is 2. The lowest BCUT2D eigenvalue weighted by atomic mass is 9.93. The van der Waals surface area contributed by atoms with Gasteiger partial charge in [-0.1, -0.05) is 0 Å². The Morgan fingerprint density at radius 3 is 3.04 bits per heavy atom. The molecular formula is C18H19NO3S. The predicted octanol–water partition coefficient (Wildman–Crippen LogP) is 3.33. The monoisotopic (exact) mass is 329 g/mol. The van der Waals surface area contributed by atoms with Gasteiger partial charge in [0.05, 0.1) is 12.1 Å². The molecule has 23 heavy (non-hydrogen) atoms. The average molecular weight is 329 g/mol. The fourth-order valence-corrected chi connectivity index (χ4v) is 4.95. The van der Waals surface area contributed by atoms with Gasteiger partial charge in [-0.25, -0.2) is 4.79 Å². The third kappa shape index (κ3) is 2.13. The quantitative estimate of drug-likeness (QED) is 0.793. The predicted molar refractivity (Wildman–Crippen MR) is 91.6 cm³/mol. The van der Waals surface area contributed by atoms with Crippen LogP contribution >= 0.6 is 11.8 Å². The van der Waals surface area contributed by atoms with Crippen LogP contribution in [0.25, 0.3) is 10.9 Å². The van der Waals surface area contributed by atoms with Gasteiger partial charge in [-0.05, 0) is 50.3 Å². The highest BCUT2D eigenvalue weighted by Crippen LogP contribution is 2.42. The highest BCUT2D eigenvalue weighted by atomic mass is 32.2. The van der Waals surface area contributed by atoms with Crippen molar-refractivity contribution in [2.75, 3.05) is 12.4 Å². The van der Waals surface area contributed by atoms with Crippen LogP contribution in [-0.2, 0) is 17.6 Å². The first-order valence-corrected chi connectivity index (χ1v) is 9.14. The number of hydrogen-bond acceptors (Lipinski definition) is 4. The Morgan fingerprint density at radius 1 is 1.43 bits per heavy atom. The summed E-state index contributed by atoms with van der Waals surface area (Å²) >= 11 is 1.90. The first-order valence-electron chi connectivity index (χ1n) is 8.15. The van der Waals surface area contributed by atoms with Crippen LogP contribution in [-0.4, -0.2) is 22.9 Å². The molecule has 5 heteroatoms. The average Bonchev–Trinajstić information content (AvgIpc) is 3.00. The summed E-state index contributed by atoms with van der Waals surface area (Å²) in [4.78, 5) is 26.4. The number of nitrogens with zero attached hydrogens (tertiary/aromatic N) is 1. The lowest BCUT2D eigenvalue weighted by molar-refractivity contribution is 0.0524. The van der Waals surface area contributed by atoms with E-state index in [1.807, 2.05) is 17.8 Å². The van der Waals surface area contributed by atoms with Crippen molar-refractivity contribution in [3.63, 3.8) is 0 Å². The van der Waals surface area contributed by atoms with Gasteiger partial charge in [-0.15, -0.1) is 11.8 Å². The number of thioether (sulfide) groups is 1. The maximum Gasteiger partial charge on any atom is 0.343 e. The zero-order valence-corrected chi connectivity index (χ0v) is 14.2. The van der Waals surface area contributed by atoms with E-state index >= 15 is 0 Å². The molecule has 0 aliphatic carbocycles. The molecule has 4 rings (SSSR count). The Morgan fingerprint density at radius 2 is 2.26 bits per heavy atom. The number of hydrogen-bond donors (Lipinski definition) is 0. The van der Waals surface area contributed by atoms with Crippen LogP contribution in [0.3, 0.4) is 0 Å². The van der Waals surface area contributed by atoms with E-state index < -0.39 is 5.97 Å². The molecule has 2 aliphatic rings. The van der Waals surface area contributed by atoms with E-state index in [9.17, 15) is 9.59 Å². The number of benzene rings is 1. The molecule has 1 aromatic heterocycles. The zero-order chi connectivity index (χ0) is 16.1. The van der Waals surface area contributed by atoms with Crippen LogP contribution < -0.4 is 5.43 Å². The van der Waals surface area contributed by atoms with Crippen LogP contribution in [0.4, 0.5) is 0 Å². The molecule has 0 spiro atoms. The topological polar surface area (TPSA) is 48.3 Å². The SMILES string of the molecule is CCOC(=O)c1cn2c3c(c4c(cc3c1=O)CCS4)CCC2C. The Labute approximate surface area is 138 Å². The van der Waals surface area contributed by atoms with E-state index in [0.29, 0.717) is 5.39 Å². The molecule has 0 radical (unpaired) electrons. The van der Waals surface area contributed by atoms with E-state index in [4.69, 9.17) is 4.74 Å². The molecule has 0 saturated heterocycles. The first kappa shape index (κ1) is 14.8. The minimum Gasteiger partial charge on any atom is -0.462 e. The van der Waals surface area contributed by atoms with Crippen LogP contribution in [0.5, 0.6) is 0 Å². The summed E-state index contributed by atoms with van der Waals surface area (Å²) < 4.78 is 7.19. The highest BCUT2D eigenvalue weighted by Gasteiger charge is 2.28. The van der Waals surface area contributed by atoms with Gasteiger partial charge in [-0.3, -0.25) is 4.79 Å². The van der Waals surface area contributed by atoms with Crippen molar-refractivity contribution in [1.29, 1.82) is 0 Å². The maximum absolute atomic E-state index is 12.9. The van der Waals surface area contributed by atoms with Gasteiger partial charge < -0.3 is 9.30 Å². The smallest absolute Gasteiger partial charge is 0.343 e. The molecule has 0 fully saturated rings. The Kier molecular flexibility index (Phi) is 3.48. The summed E-state index contributed by atoms with van der Waals surface area (Å²) in [6, 6.07) is 2.29. The Bertz CT molecular complexity index is 884. The van der Waals surface area contributed by atoms with Gasteiger partial charge >= 0.3 is 5.97 Å². The molecule has 0 bridgehead atoms. The minimum absolute atomic E-state index is 0.157. The van der Waals surface area contributed by atoms with Gasteiger partial charge in [0.1, 0.15) is 5.56 Å². The molecule has 4 nitrogen and oxygen atoms in total. The number of carbonyl (C=O) groups excluding carboxylic acids is 1. The van der Waals surface area contributed by atoms with Crippen molar-refractivity contribution >= 4 is 28.6 Å². The molecule has 1 unspecified atom stereocenters. The van der Waals surface area contributed by atoms with Crippen LogP contribution in [0, 0.1) is 0 Å². The number of rotatable bonds is 2. The van der Waals surface area contributed by atoms with Gasteiger partial charge in [-0.2, -0.15) is 0 Å². The molecule has 0 saturated carbocycles. The molecule has 3 heterocycles. The van der Waals surface area contributed by atoms with E-state index in [2.05, 4.69) is 11.5 Å². The van der Waals surface area contributed by atoms with Crippen LogP contribution in [0.2, 0.25) is 0 Å². The fourth-order valence-electron chi connectivity index (χ4n) is 3.70. The summed E-state index contributed by atoms with van der Waals surface area (Å²) in [7, 11) is 0. The largest absolute Gasteiger partial charge is 0.462 e. The van der Waals surface area contributed by atoms with Crippen molar-refractivity contribution < 1.29 is 9.53 Å². The van der Waals surface area contributed by atoms with E-state index in [1.54, 1.807) is 13.1 Å². The third-order valence-electron chi connectivity index (χ3n) is 4.84. The number of ether oxygens (including phenoxy) is 1. The summed E-state index contributed by atoms with van der Waals surface area (Å²) in [5, 5.41) is 0.679. The molecule has 0 amide bonds. The molecular weight excluding hydrogens is 310 g/mol. The summed E-state index contributed by atoms with van der Waals surface area (Å²) in [6.45, 7) is 4.17. The van der Waals surface area contributed by atoms with Crippen molar-refractivity contribution in [2.45, 2.75) is 44.0 Å². The summed E-state index contributed by atoms with van der Waals surface area (Å²) in [5.74, 6) is 0.560. The van der Waals surface area contributed by atoms with Crippen molar-refractivity contribution in [1.82, 2.24) is 4.57 Å². The van der Waals surface area contributed by atoms with Gasteiger partial charge in [0.25, 0.3) is 0 Å². The standard InChI is InChI=1S/C18H19NO3S/c1-3-22-18(21)14-9-19-10(2)4-5-12-15(19)13(16(14)20)8-11-6-7-23-17(11)12/h8-10H,3-7H2,1-2H3. The molecule has 120 valence electrons. The summed E-state index contributed by atoms with van der Waals surface area (Å²) in [6.07, 6.45) is 4.75. The number of aromatic nitrogens is 1. The van der Waals surface area contributed by atoms with Crippen LogP contribution in [0.15, 0.2) is 22.0 Å². The lowest BCUT2D eigenvalue weighted by Crippen LogP contribution is -2.25. The van der Waals surface area contributed by atoms with Gasteiger partial charge in [0.2, 0.25) is 5.43 Å². The molecule has 0 N–H and O–H groups in total.